The molecular weight excluding hydrogens is 287 g/mol. The van der Waals surface area contributed by atoms with Gasteiger partial charge < -0.3 is 4.42 Å². The number of halogens is 1. The maximum absolute atomic E-state index is 13.7. The van der Waals surface area contributed by atoms with E-state index in [2.05, 4.69) is 11.1 Å². The minimum absolute atomic E-state index is 0.331. The second-order valence-electron chi connectivity index (χ2n) is 4.20. The summed E-state index contributed by atoms with van der Waals surface area (Å²) in [5.41, 5.74) is 1.33. The van der Waals surface area contributed by atoms with Crippen LogP contribution in [0, 0.1) is 17.1 Å². The summed E-state index contributed by atoms with van der Waals surface area (Å²) in [4.78, 5) is 4.34. The number of thiazole rings is 1. The van der Waals surface area contributed by atoms with Crippen LogP contribution in [0.4, 0.5) is 4.39 Å². The number of rotatable bonds is 3. The number of nitriles is 1. The molecule has 0 saturated heterocycles. The van der Waals surface area contributed by atoms with Gasteiger partial charge in [0.25, 0.3) is 0 Å². The molecule has 3 rings (SSSR count). The summed E-state index contributed by atoms with van der Waals surface area (Å²) >= 11 is 1.30. The lowest BCUT2D eigenvalue weighted by molar-refractivity contribution is 0.557. The molecule has 0 aliphatic carbocycles. The van der Waals surface area contributed by atoms with Gasteiger partial charge in [0, 0.05) is 17.0 Å². The molecule has 0 saturated carbocycles. The fourth-order valence-corrected chi connectivity index (χ4v) is 2.63. The van der Waals surface area contributed by atoms with E-state index in [9.17, 15) is 9.65 Å². The number of hydrogen-bond donors (Lipinski definition) is 0. The van der Waals surface area contributed by atoms with E-state index in [-0.39, 0.29) is 5.82 Å². The van der Waals surface area contributed by atoms with Gasteiger partial charge in [0.1, 0.15) is 22.7 Å². The first-order valence-corrected chi connectivity index (χ1v) is 7.02. The Labute approximate surface area is 124 Å². The van der Waals surface area contributed by atoms with Gasteiger partial charge >= 0.3 is 0 Å². The van der Waals surface area contributed by atoms with Crippen LogP contribution < -0.4 is 0 Å². The third-order valence-electron chi connectivity index (χ3n) is 2.83. The monoisotopic (exact) mass is 296 g/mol. The van der Waals surface area contributed by atoms with Gasteiger partial charge in [-0.1, -0.05) is 12.1 Å². The molecule has 2 heterocycles. The Morgan fingerprint density at radius 3 is 2.86 bits per heavy atom. The molecule has 0 N–H and O–H groups in total. The summed E-state index contributed by atoms with van der Waals surface area (Å²) < 4.78 is 18.9. The van der Waals surface area contributed by atoms with Crippen LogP contribution in [0.3, 0.4) is 0 Å². The fourth-order valence-electron chi connectivity index (χ4n) is 1.85. The highest BCUT2D eigenvalue weighted by molar-refractivity contribution is 7.11. The number of benzene rings is 1. The van der Waals surface area contributed by atoms with Crippen molar-refractivity contribution in [1.29, 1.82) is 5.26 Å². The van der Waals surface area contributed by atoms with Crippen LogP contribution in [-0.4, -0.2) is 4.98 Å². The maximum atomic E-state index is 13.7. The average Bonchev–Trinajstić information content (AvgIpc) is 3.17. The highest BCUT2D eigenvalue weighted by Gasteiger charge is 2.12. The van der Waals surface area contributed by atoms with Crippen LogP contribution >= 0.6 is 11.3 Å². The van der Waals surface area contributed by atoms with E-state index >= 15 is 0 Å². The van der Waals surface area contributed by atoms with Crippen molar-refractivity contribution < 1.29 is 8.81 Å². The zero-order valence-corrected chi connectivity index (χ0v) is 11.6. The number of furan rings is 1. The van der Waals surface area contributed by atoms with Crippen LogP contribution in [0.15, 0.2) is 52.5 Å². The topological polar surface area (TPSA) is 49.8 Å². The second-order valence-corrected chi connectivity index (χ2v) is 5.06. The molecule has 0 fully saturated rings. The van der Waals surface area contributed by atoms with Gasteiger partial charge in [-0.25, -0.2) is 9.37 Å². The van der Waals surface area contributed by atoms with Gasteiger partial charge in [-0.2, -0.15) is 5.26 Å². The fraction of sp³-hybridized carbons (Fsp3) is 0. The van der Waals surface area contributed by atoms with Gasteiger partial charge in [-0.3, -0.25) is 0 Å². The van der Waals surface area contributed by atoms with Gasteiger partial charge in [-0.15, -0.1) is 11.3 Å². The van der Waals surface area contributed by atoms with Crippen LogP contribution in [0.5, 0.6) is 0 Å². The minimum atomic E-state index is -0.331. The van der Waals surface area contributed by atoms with Crippen LogP contribution in [0.1, 0.15) is 10.8 Å². The zero-order chi connectivity index (χ0) is 14.7. The van der Waals surface area contributed by atoms with Crippen LogP contribution in [0.25, 0.3) is 22.9 Å². The van der Waals surface area contributed by atoms with Gasteiger partial charge in [-0.05, 0) is 24.3 Å². The summed E-state index contributed by atoms with van der Waals surface area (Å²) in [5, 5.41) is 11.5. The molecule has 0 spiro atoms. The van der Waals surface area contributed by atoms with E-state index in [0.29, 0.717) is 27.6 Å². The first-order valence-electron chi connectivity index (χ1n) is 6.14. The Kier molecular flexibility index (Phi) is 3.63. The normalized spacial score (nSPS) is 11.3. The standard InChI is InChI=1S/C16H9FN2OS/c17-14-6-2-1-5-13(14)15-10-21-16(19-15)11(9-18)8-12-4-3-7-20-12/h1-8,10H/b11-8-. The van der Waals surface area contributed by atoms with Crippen LogP contribution in [-0.2, 0) is 0 Å². The molecule has 0 amide bonds. The molecule has 0 atom stereocenters. The predicted molar refractivity (Wildman–Crippen MR) is 79.7 cm³/mol. The first-order chi connectivity index (χ1) is 10.3. The number of allylic oxidation sites excluding steroid dienone is 1. The number of nitrogens with zero attached hydrogens (tertiary/aromatic N) is 2. The summed E-state index contributed by atoms with van der Waals surface area (Å²) in [5.74, 6) is 0.247. The third kappa shape index (κ3) is 2.76. The van der Waals surface area contributed by atoms with Gasteiger partial charge in [0.15, 0.2) is 0 Å². The van der Waals surface area contributed by atoms with Crippen LogP contribution in [0.2, 0.25) is 0 Å². The quantitative estimate of drug-likeness (QED) is 0.663. The summed E-state index contributed by atoms with van der Waals surface area (Å²) in [7, 11) is 0. The molecule has 3 nitrogen and oxygen atoms in total. The minimum Gasteiger partial charge on any atom is -0.465 e. The van der Waals surface area contributed by atoms with Crippen molar-refractivity contribution in [2.45, 2.75) is 0 Å². The third-order valence-corrected chi connectivity index (χ3v) is 3.71. The van der Waals surface area contributed by atoms with E-state index < -0.39 is 0 Å². The summed E-state index contributed by atoms with van der Waals surface area (Å²) in [6.45, 7) is 0. The molecule has 0 aliphatic heterocycles. The molecule has 2 aromatic heterocycles. The van der Waals surface area contributed by atoms with Crippen molar-refractivity contribution in [2.75, 3.05) is 0 Å². The molecule has 1 aromatic carbocycles. The van der Waals surface area contributed by atoms with E-state index in [1.807, 2.05) is 0 Å². The molecule has 5 heteroatoms. The molecule has 102 valence electrons. The predicted octanol–water partition coefficient (Wildman–Crippen LogP) is 4.61. The lowest BCUT2D eigenvalue weighted by Gasteiger charge is -1.97. The smallest absolute Gasteiger partial charge is 0.134 e. The van der Waals surface area contributed by atoms with E-state index in [4.69, 9.17) is 4.42 Å². The highest BCUT2D eigenvalue weighted by atomic mass is 32.1. The number of hydrogen-bond acceptors (Lipinski definition) is 4. The van der Waals surface area contributed by atoms with E-state index in [1.54, 1.807) is 41.8 Å². The molecule has 0 aliphatic rings. The van der Waals surface area contributed by atoms with E-state index in [1.165, 1.54) is 23.7 Å². The molecular formula is C16H9FN2OS. The van der Waals surface area contributed by atoms with Crippen molar-refractivity contribution in [3.63, 3.8) is 0 Å². The Hall–Kier alpha value is -2.71. The van der Waals surface area contributed by atoms with Crippen molar-refractivity contribution in [2.24, 2.45) is 0 Å². The Morgan fingerprint density at radius 1 is 1.29 bits per heavy atom. The first kappa shape index (κ1) is 13.3. The Morgan fingerprint density at radius 2 is 2.14 bits per heavy atom. The second kappa shape index (κ2) is 5.73. The Balaban J connectivity index is 1.98. The lowest BCUT2D eigenvalue weighted by atomic mass is 10.1. The maximum Gasteiger partial charge on any atom is 0.134 e. The van der Waals surface area contributed by atoms with Crippen molar-refractivity contribution in [1.82, 2.24) is 4.98 Å². The zero-order valence-electron chi connectivity index (χ0n) is 10.8. The van der Waals surface area contributed by atoms with Gasteiger partial charge in [0.05, 0.1) is 17.5 Å². The summed E-state index contributed by atoms with van der Waals surface area (Å²) in [6.07, 6.45) is 3.15. The molecule has 0 radical (unpaired) electrons. The summed E-state index contributed by atoms with van der Waals surface area (Å²) in [6, 6.07) is 12.0. The molecule has 0 unspecified atom stereocenters. The Bertz CT molecular complexity index is 828. The lowest BCUT2D eigenvalue weighted by Crippen LogP contribution is -1.85. The van der Waals surface area contributed by atoms with Crippen molar-refractivity contribution in [3.8, 4) is 17.3 Å². The van der Waals surface area contributed by atoms with Gasteiger partial charge in [0.2, 0.25) is 0 Å². The molecule has 0 bridgehead atoms. The van der Waals surface area contributed by atoms with Crippen molar-refractivity contribution >= 4 is 23.0 Å². The molecule has 21 heavy (non-hydrogen) atoms. The largest absolute Gasteiger partial charge is 0.465 e. The molecule has 3 aromatic rings. The highest BCUT2D eigenvalue weighted by Crippen LogP contribution is 2.28. The number of aromatic nitrogens is 1. The average molecular weight is 296 g/mol. The van der Waals surface area contributed by atoms with Crippen molar-refractivity contribution in [3.05, 3.63) is 64.6 Å². The van der Waals surface area contributed by atoms with E-state index in [0.717, 1.165) is 0 Å². The SMILES string of the molecule is N#C/C(=C/c1ccco1)c1nc(-c2ccccc2F)cs1.